The van der Waals surface area contributed by atoms with E-state index in [-0.39, 0.29) is 18.6 Å². The number of ether oxygens (including phenoxy) is 2. The second-order valence-electron chi connectivity index (χ2n) is 9.64. The predicted molar refractivity (Wildman–Crippen MR) is 127 cm³/mol. The number of nitrogens with zero attached hydrogens (tertiary/aromatic N) is 2. The topological polar surface area (TPSA) is 88.2 Å². The second kappa shape index (κ2) is 9.75. The minimum Gasteiger partial charge on any atom is -0.445 e. The molecule has 0 bridgehead atoms. The molecule has 0 spiro atoms. The molecule has 3 amide bonds. The minimum absolute atomic E-state index is 0.150. The summed E-state index contributed by atoms with van der Waals surface area (Å²) in [7, 11) is 0. The predicted octanol–water partition coefficient (Wildman–Crippen LogP) is 4.01. The first-order chi connectivity index (χ1) is 16.2. The fourth-order valence-electron chi connectivity index (χ4n) is 4.17. The Bertz CT molecular complexity index is 1060. The van der Waals surface area contributed by atoms with Crippen LogP contribution in [0.4, 0.5) is 15.3 Å². The van der Waals surface area contributed by atoms with Crippen molar-refractivity contribution in [1.82, 2.24) is 10.2 Å². The Balaban J connectivity index is 1.33. The van der Waals surface area contributed by atoms with Gasteiger partial charge in [-0.2, -0.15) is 0 Å². The van der Waals surface area contributed by atoms with Gasteiger partial charge in [-0.3, -0.25) is 4.79 Å². The molecule has 8 heteroatoms. The van der Waals surface area contributed by atoms with Gasteiger partial charge in [0.15, 0.2) is 0 Å². The van der Waals surface area contributed by atoms with E-state index >= 15 is 0 Å². The standard InChI is InChI=1S/C26H31N3O5/c1-26(2,3)34-25(32)28-13-11-19-15-21(10-9-20(19)16-28)29-14-12-22(23(29)30)27-24(31)33-17-18-7-5-4-6-8-18/h4-10,15,22H,11-14,16-17H2,1-3H3,(H,27,31)/t22-/m0/s1. The van der Waals surface area contributed by atoms with Crippen molar-refractivity contribution >= 4 is 23.8 Å². The Hall–Kier alpha value is -3.55. The number of amides is 3. The zero-order chi connectivity index (χ0) is 24.3. The molecule has 8 nitrogen and oxygen atoms in total. The molecule has 0 aliphatic carbocycles. The molecule has 1 saturated heterocycles. The number of hydrogen-bond donors (Lipinski definition) is 1. The van der Waals surface area contributed by atoms with Crippen LogP contribution >= 0.6 is 0 Å². The SMILES string of the molecule is CC(C)(C)OC(=O)N1CCc2cc(N3CC[C@H](NC(=O)OCc4ccccc4)C3=O)ccc2C1. The van der Waals surface area contributed by atoms with Crippen LogP contribution in [0.25, 0.3) is 0 Å². The highest BCUT2D eigenvalue weighted by molar-refractivity contribution is 6.01. The third kappa shape index (κ3) is 5.68. The van der Waals surface area contributed by atoms with Crippen molar-refractivity contribution in [2.24, 2.45) is 0 Å². The molecule has 4 rings (SSSR count). The summed E-state index contributed by atoms with van der Waals surface area (Å²) in [6.45, 7) is 7.29. The minimum atomic E-state index is -0.609. The lowest BCUT2D eigenvalue weighted by molar-refractivity contribution is -0.118. The average Bonchev–Trinajstić information content (AvgIpc) is 3.16. The summed E-state index contributed by atoms with van der Waals surface area (Å²) in [5.74, 6) is -0.150. The highest BCUT2D eigenvalue weighted by Crippen LogP contribution is 2.28. The Morgan fingerprint density at radius 1 is 1.06 bits per heavy atom. The Morgan fingerprint density at radius 2 is 1.82 bits per heavy atom. The maximum absolute atomic E-state index is 12.9. The van der Waals surface area contributed by atoms with Crippen molar-refractivity contribution in [2.75, 3.05) is 18.0 Å². The lowest BCUT2D eigenvalue weighted by atomic mass is 9.99. The lowest BCUT2D eigenvalue weighted by Gasteiger charge is -2.31. The van der Waals surface area contributed by atoms with Gasteiger partial charge in [-0.15, -0.1) is 0 Å². The van der Waals surface area contributed by atoms with E-state index < -0.39 is 17.7 Å². The van der Waals surface area contributed by atoms with Crippen LogP contribution in [-0.4, -0.2) is 47.7 Å². The van der Waals surface area contributed by atoms with Crippen LogP contribution in [0.2, 0.25) is 0 Å². The van der Waals surface area contributed by atoms with Gasteiger partial charge in [0.2, 0.25) is 5.91 Å². The van der Waals surface area contributed by atoms with Gasteiger partial charge in [0, 0.05) is 25.3 Å². The van der Waals surface area contributed by atoms with Crippen LogP contribution < -0.4 is 10.2 Å². The smallest absolute Gasteiger partial charge is 0.410 e. The lowest BCUT2D eigenvalue weighted by Crippen LogP contribution is -2.42. The zero-order valence-electron chi connectivity index (χ0n) is 19.9. The van der Waals surface area contributed by atoms with Gasteiger partial charge in [-0.1, -0.05) is 36.4 Å². The highest BCUT2D eigenvalue weighted by atomic mass is 16.6. The average molecular weight is 466 g/mol. The molecular weight excluding hydrogens is 434 g/mol. The van der Waals surface area contributed by atoms with E-state index in [9.17, 15) is 14.4 Å². The summed E-state index contributed by atoms with van der Waals surface area (Å²) in [5, 5.41) is 2.69. The van der Waals surface area contributed by atoms with Crippen LogP contribution in [-0.2, 0) is 33.8 Å². The summed E-state index contributed by atoms with van der Waals surface area (Å²) < 4.78 is 10.7. The third-order valence-corrected chi connectivity index (χ3v) is 5.88. The van der Waals surface area contributed by atoms with Gasteiger partial charge in [0.1, 0.15) is 18.2 Å². The van der Waals surface area contributed by atoms with E-state index in [0.717, 1.165) is 22.4 Å². The Morgan fingerprint density at radius 3 is 2.56 bits per heavy atom. The summed E-state index contributed by atoms with van der Waals surface area (Å²) in [6.07, 6.45) is 0.294. The van der Waals surface area contributed by atoms with Gasteiger partial charge >= 0.3 is 12.2 Å². The quantitative estimate of drug-likeness (QED) is 0.737. The van der Waals surface area contributed by atoms with Crippen LogP contribution in [0.1, 0.15) is 43.9 Å². The highest BCUT2D eigenvalue weighted by Gasteiger charge is 2.34. The van der Waals surface area contributed by atoms with E-state index in [4.69, 9.17) is 9.47 Å². The number of anilines is 1. The fraction of sp³-hybridized carbons (Fsp3) is 0.423. The summed E-state index contributed by atoms with van der Waals surface area (Å²) in [6, 6.07) is 14.7. The van der Waals surface area contributed by atoms with Gasteiger partial charge in [0.05, 0.1) is 0 Å². The summed E-state index contributed by atoms with van der Waals surface area (Å²) >= 11 is 0. The first-order valence-corrected chi connectivity index (χ1v) is 11.6. The molecule has 1 fully saturated rings. The molecule has 1 N–H and O–H groups in total. The van der Waals surface area contributed by atoms with Crippen molar-refractivity contribution < 1.29 is 23.9 Å². The van der Waals surface area contributed by atoms with E-state index in [1.165, 1.54) is 0 Å². The molecule has 0 radical (unpaired) electrons. The zero-order valence-corrected chi connectivity index (χ0v) is 19.9. The summed E-state index contributed by atoms with van der Waals surface area (Å²) in [4.78, 5) is 40.9. The van der Waals surface area contributed by atoms with Crippen LogP contribution in [0.3, 0.4) is 0 Å². The van der Waals surface area contributed by atoms with Crippen LogP contribution in [0, 0.1) is 0 Å². The number of fused-ring (bicyclic) bond motifs is 1. The number of carbonyl (C=O) groups is 3. The number of nitrogens with one attached hydrogen (secondary N) is 1. The van der Waals surface area contributed by atoms with Gasteiger partial charge in [-0.25, -0.2) is 9.59 Å². The van der Waals surface area contributed by atoms with Crippen molar-refractivity contribution in [1.29, 1.82) is 0 Å². The summed E-state index contributed by atoms with van der Waals surface area (Å²) in [5.41, 5.74) is 3.32. The van der Waals surface area contributed by atoms with Gasteiger partial charge in [0.25, 0.3) is 0 Å². The maximum Gasteiger partial charge on any atom is 0.410 e. The second-order valence-corrected chi connectivity index (χ2v) is 9.64. The number of benzene rings is 2. The molecule has 2 aromatic rings. The molecule has 0 unspecified atom stereocenters. The van der Waals surface area contributed by atoms with E-state index in [1.807, 2.05) is 69.3 Å². The van der Waals surface area contributed by atoms with Crippen molar-refractivity contribution in [3.05, 3.63) is 65.2 Å². The van der Waals surface area contributed by atoms with Crippen LogP contribution in [0.15, 0.2) is 48.5 Å². The van der Waals surface area contributed by atoms with Crippen LogP contribution in [0.5, 0.6) is 0 Å². The molecule has 180 valence electrons. The third-order valence-electron chi connectivity index (χ3n) is 5.88. The fourth-order valence-corrected chi connectivity index (χ4v) is 4.17. The van der Waals surface area contributed by atoms with E-state index in [2.05, 4.69) is 5.32 Å². The molecule has 34 heavy (non-hydrogen) atoms. The van der Waals surface area contributed by atoms with Crippen molar-refractivity contribution in [3.63, 3.8) is 0 Å². The monoisotopic (exact) mass is 465 g/mol. The molecule has 2 aromatic carbocycles. The molecule has 0 saturated carbocycles. The van der Waals surface area contributed by atoms with Crippen molar-refractivity contribution in [3.8, 4) is 0 Å². The molecular formula is C26H31N3O5. The maximum atomic E-state index is 12.9. The van der Waals surface area contributed by atoms with E-state index in [0.29, 0.717) is 32.5 Å². The Kier molecular flexibility index (Phi) is 6.77. The van der Waals surface area contributed by atoms with E-state index in [1.54, 1.807) is 9.80 Å². The first-order valence-electron chi connectivity index (χ1n) is 11.6. The number of alkyl carbamates (subject to hydrolysis) is 1. The molecule has 1 atom stereocenters. The number of rotatable bonds is 4. The number of carbonyl (C=O) groups excluding carboxylic acids is 3. The molecule has 0 aromatic heterocycles. The van der Waals surface area contributed by atoms with Gasteiger partial charge < -0.3 is 24.6 Å². The molecule has 2 heterocycles. The van der Waals surface area contributed by atoms with Gasteiger partial charge in [-0.05, 0) is 62.4 Å². The normalized spacial score (nSPS) is 17.9. The van der Waals surface area contributed by atoms with Crippen molar-refractivity contribution in [2.45, 2.75) is 58.4 Å². The Labute approximate surface area is 199 Å². The molecule has 2 aliphatic heterocycles. The molecule has 2 aliphatic rings. The largest absolute Gasteiger partial charge is 0.445 e. The number of hydrogen-bond acceptors (Lipinski definition) is 5. The first kappa shape index (κ1) is 23.6.